The lowest BCUT2D eigenvalue weighted by atomic mass is 10.0. The molecule has 0 aliphatic rings. The van der Waals surface area contributed by atoms with E-state index in [-0.39, 0.29) is 19.8 Å². The van der Waals surface area contributed by atoms with E-state index in [0.29, 0.717) is 11.7 Å². The maximum absolute atomic E-state index is 12.3. The van der Waals surface area contributed by atoms with E-state index in [2.05, 4.69) is 13.8 Å². The number of hydrogen-bond donors (Lipinski definition) is 1. The molecule has 6 heteroatoms. The van der Waals surface area contributed by atoms with Crippen molar-refractivity contribution in [1.82, 2.24) is 4.90 Å². The quantitative estimate of drug-likeness (QED) is 0.801. The Morgan fingerprint density at radius 2 is 1.90 bits per heavy atom. The zero-order valence-corrected chi connectivity index (χ0v) is 12.3. The van der Waals surface area contributed by atoms with Crippen LogP contribution in [0.4, 0.5) is 8.78 Å². The molecule has 0 saturated heterocycles. The molecule has 0 fully saturated rings. The third-order valence-electron chi connectivity index (χ3n) is 2.99. The number of carbonyl (C=O) groups is 1. The Morgan fingerprint density at radius 3 is 2.38 bits per heavy atom. The van der Waals surface area contributed by atoms with Crippen LogP contribution in [0.25, 0.3) is 0 Å². The summed E-state index contributed by atoms with van der Waals surface area (Å²) in [6.07, 6.45) is -2.63. The van der Waals surface area contributed by atoms with Gasteiger partial charge in [-0.15, -0.1) is 0 Å². The molecule has 0 aliphatic heterocycles. The SMILES string of the molecule is CC(C)c1ccc(OCC(=O)N(CCO)CC(F)F)cc1. The molecule has 1 aromatic carbocycles. The minimum Gasteiger partial charge on any atom is -0.484 e. The molecule has 118 valence electrons. The number of aliphatic hydroxyl groups is 1. The van der Waals surface area contributed by atoms with Crippen molar-refractivity contribution in [3.63, 3.8) is 0 Å². The Labute approximate surface area is 123 Å². The number of carbonyl (C=O) groups excluding carboxylic acids is 1. The maximum Gasteiger partial charge on any atom is 0.260 e. The summed E-state index contributed by atoms with van der Waals surface area (Å²) in [7, 11) is 0. The number of rotatable bonds is 8. The second-order valence-corrected chi connectivity index (χ2v) is 4.97. The molecule has 1 rings (SSSR count). The van der Waals surface area contributed by atoms with Crippen LogP contribution in [0.2, 0.25) is 0 Å². The maximum atomic E-state index is 12.3. The topological polar surface area (TPSA) is 49.8 Å². The molecule has 1 aromatic rings. The zero-order valence-electron chi connectivity index (χ0n) is 12.3. The first kappa shape index (κ1) is 17.4. The van der Waals surface area contributed by atoms with Crippen LogP contribution in [0.5, 0.6) is 5.75 Å². The average Bonchev–Trinajstić information content (AvgIpc) is 2.44. The number of aliphatic hydroxyl groups excluding tert-OH is 1. The van der Waals surface area contributed by atoms with Crippen LogP contribution < -0.4 is 4.74 Å². The highest BCUT2D eigenvalue weighted by Crippen LogP contribution is 2.18. The number of benzene rings is 1. The van der Waals surface area contributed by atoms with Crippen LogP contribution in [0.1, 0.15) is 25.3 Å². The number of ether oxygens (including phenoxy) is 1. The van der Waals surface area contributed by atoms with Crippen LogP contribution in [0, 0.1) is 0 Å². The number of hydrogen-bond acceptors (Lipinski definition) is 3. The third kappa shape index (κ3) is 6.08. The van der Waals surface area contributed by atoms with E-state index in [9.17, 15) is 13.6 Å². The highest BCUT2D eigenvalue weighted by molar-refractivity contribution is 5.77. The summed E-state index contributed by atoms with van der Waals surface area (Å²) in [5.74, 6) is 0.331. The van der Waals surface area contributed by atoms with Gasteiger partial charge in [-0.3, -0.25) is 4.79 Å². The predicted octanol–water partition coefficient (Wildman–Crippen LogP) is 2.27. The number of nitrogens with zero attached hydrogens (tertiary/aromatic N) is 1. The molecule has 0 radical (unpaired) electrons. The van der Waals surface area contributed by atoms with E-state index in [1.807, 2.05) is 12.1 Å². The molecular formula is C15H21F2NO3. The van der Waals surface area contributed by atoms with E-state index in [1.54, 1.807) is 12.1 Å². The normalized spacial score (nSPS) is 11.0. The molecule has 21 heavy (non-hydrogen) atoms. The van der Waals surface area contributed by atoms with Gasteiger partial charge in [0.25, 0.3) is 12.3 Å². The van der Waals surface area contributed by atoms with Gasteiger partial charge in [0.1, 0.15) is 5.75 Å². The lowest BCUT2D eigenvalue weighted by molar-refractivity contribution is -0.135. The molecule has 4 nitrogen and oxygen atoms in total. The van der Waals surface area contributed by atoms with Crippen LogP contribution in [-0.2, 0) is 4.79 Å². The minimum absolute atomic E-state index is 0.126. The fraction of sp³-hybridized carbons (Fsp3) is 0.533. The van der Waals surface area contributed by atoms with E-state index >= 15 is 0 Å². The van der Waals surface area contributed by atoms with Crippen LogP contribution in [0.15, 0.2) is 24.3 Å². The first-order chi connectivity index (χ1) is 9.93. The summed E-state index contributed by atoms with van der Waals surface area (Å²) in [6.45, 7) is 2.62. The van der Waals surface area contributed by atoms with Crippen molar-refractivity contribution in [2.75, 3.05) is 26.3 Å². The van der Waals surface area contributed by atoms with Crippen molar-refractivity contribution in [2.24, 2.45) is 0 Å². The summed E-state index contributed by atoms with van der Waals surface area (Å²) < 4.78 is 30.0. The van der Waals surface area contributed by atoms with Gasteiger partial charge in [0, 0.05) is 6.54 Å². The molecule has 0 bridgehead atoms. The first-order valence-electron chi connectivity index (χ1n) is 6.83. The zero-order chi connectivity index (χ0) is 15.8. The highest BCUT2D eigenvalue weighted by Gasteiger charge is 2.18. The fourth-order valence-corrected chi connectivity index (χ4v) is 1.79. The molecule has 0 atom stereocenters. The van der Waals surface area contributed by atoms with Crippen molar-refractivity contribution >= 4 is 5.91 Å². The summed E-state index contributed by atoms with van der Waals surface area (Å²) in [5, 5.41) is 8.79. The Kier molecular flexibility index (Phi) is 7.08. The number of amides is 1. The van der Waals surface area contributed by atoms with Crippen molar-refractivity contribution in [2.45, 2.75) is 26.2 Å². The predicted molar refractivity (Wildman–Crippen MR) is 75.7 cm³/mol. The van der Waals surface area contributed by atoms with Crippen LogP contribution >= 0.6 is 0 Å². The Bertz CT molecular complexity index is 435. The largest absolute Gasteiger partial charge is 0.484 e. The van der Waals surface area contributed by atoms with Crippen molar-refractivity contribution in [3.05, 3.63) is 29.8 Å². The Morgan fingerprint density at radius 1 is 1.29 bits per heavy atom. The minimum atomic E-state index is -2.63. The Balaban J connectivity index is 2.53. The summed E-state index contributed by atoms with van der Waals surface area (Å²) >= 11 is 0. The second-order valence-electron chi connectivity index (χ2n) is 4.97. The summed E-state index contributed by atoms with van der Waals surface area (Å²) in [6, 6.07) is 7.28. The van der Waals surface area contributed by atoms with E-state index in [0.717, 1.165) is 10.5 Å². The molecule has 0 heterocycles. The number of halogens is 2. The van der Waals surface area contributed by atoms with Crippen molar-refractivity contribution < 1.29 is 23.4 Å². The molecule has 0 unspecified atom stereocenters. The molecule has 1 amide bonds. The van der Waals surface area contributed by atoms with Gasteiger partial charge in [-0.2, -0.15) is 0 Å². The van der Waals surface area contributed by atoms with Gasteiger partial charge in [0.05, 0.1) is 13.2 Å². The average molecular weight is 301 g/mol. The smallest absolute Gasteiger partial charge is 0.260 e. The van der Waals surface area contributed by atoms with Crippen molar-refractivity contribution in [1.29, 1.82) is 0 Å². The molecule has 0 aliphatic carbocycles. The Hall–Kier alpha value is -1.69. The van der Waals surface area contributed by atoms with Gasteiger partial charge >= 0.3 is 0 Å². The number of alkyl halides is 2. The van der Waals surface area contributed by atoms with Crippen LogP contribution in [0.3, 0.4) is 0 Å². The van der Waals surface area contributed by atoms with Gasteiger partial charge in [-0.05, 0) is 23.6 Å². The monoisotopic (exact) mass is 301 g/mol. The van der Waals surface area contributed by atoms with Gasteiger partial charge in [0.15, 0.2) is 6.61 Å². The molecule has 1 N–H and O–H groups in total. The van der Waals surface area contributed by atoms with Gasteiger partial charge < -0.3 is 14.7 Å². The fourth-order valence-electron chi connectivity index (χ4n) is 1.79. The van der Waals surface area contributed by atoms with E-state index in [1.165, 1.54) is 0 Å². The lowest BCUT2D eigenvalue weighted by Crippen LogP contribution is -2.40. The van der Waals surface area contributed by atoms with E-state index < -0.39 is 18.9 Å². The molecule has 0 spiro atoms. The molecule has 0 aromatic heterocycles. The van der Waals surface area contributed by atoms with Gasteiger partial charge in [-0.1, -0.05) is 26.0 Å². The standard InChI is InChI=1S/C15H21F2NO3/c1-11(2)12-3-5-13(6-4-12)21-10-15(20)18(7-8-19)9-14(16)17/h3-6,11,14,19H,7-10H2,1-2H3. The van der Waals surface area contributed by atoms with Gasteiger partial charge in [0.2, 0.25) is 0 Å². The van der Waals surface area contributed by atoms with Crippen LogP contribution in [-0.4, -0.2) is 48.6 Å². The van der Waals surface area contributed by atoms with Crippen molar-refractivity contribution in [3.8, 4) is 5.75 Å². The van der Waals surface area contributed by atoms with E-state index in [4.69, 9.17) is 9.84 Å². The first-order valence-corrected chi connectivity index (χ1v) is 6.83. The molecular weight excluding hydrogens is 280 g/mol. The second kappa shape index (κ2) is 8.56. The summed E-state index contributed by atoms with van der Waals surface area (Å²) in [5.41, 5.74) is 1.15. The van der Waals surface area contributed by atoms with Gasteiger partial charge in [-0.25, -0.2) is 8.78 Å². The summed E-state index contributed by atoms with van der Waals surface area (Å²) in [4.78, 5) is 12.7. The third-order valence-corrected chi connectivity index (χ3v) is 2.99. The highest BCUT2D eigenvalue weighted by atomic mass is 19.3. The molecule has 0 saturated carbocycles. The lowest BCUT2D eigenvalue weighted by Gasteiger charge is -2.21.